The highest BCUT2D eigenvalue weighted by atomic mass is 16.2. The van der Waals surface area contributed by atoms with Crippen molar-refractivity contribution in [1.82, 2.24) is 10.2 Å². The molecule has 0 spiro atoms. The van der Waals surface area contributed by atoms with E-state index >= 15 is 0 Å². The van der Waals surface area contributed by atoms with Crippen LogP contribution in [-0.4, -0.2) is 49.4 Å². The summed E-state index contributed by atoms with van der Waals surface area (Å²) >= 11 is 0. The van der Waals surface area contributed by atoms with Gasteiger partial charge in [-0.2, -0.15) is 0 Å². The zero-order valence-corrected chi connectivity index (χ0v) is 18.9. The van der Waals surface area contributed by atoms with Crippen LogP contribution >= 0.6 is 0 Å². The van der Waals surface area contributed by atoms with Gasteiger partial charge in [-0.15, -0.1) is 0 Å². The lowest BCUT2D eigenvalue weighted by atomic mass is 9.49. The van der Waals surface area contributed by atoms with Gasteiger partial charge in [-0.1, -0.05) is 18.2 Å². The van der Waals surface area contributed by atoms with Crippen LogP contribution in [0.25, 0.3) is 0 Å². The van der Waals surface area contributed by atoms with Crippen molar-refractivity contribution >= 4 is 17.5 Å². The second kappa shape index (κ2) is 8.48. The molecule has 0 radical (unpaired) electrons. The first-order valence-corrected chi connectivity index (χ1v) is 12.4. The lowest BCUT2D eigenvalue weighted by molar-refractivity contribution is -0.160. The summed E-state index contributed by atoms with van der Waals surface area (Å²) in [5.41, 5.74) is 1.05. The van der Waals surface area contributed by atoms with Crippen LogP contribution in [0.2, 0.25) is 0 Å². The SMILES string of the molecule is CN(CCCNC(=O)C1CCCN1C(=O)C12CC3CC(CC(C3)C1)C2)c1ccccc1. The number of hydrogen-bond donors (Lipinski definition) is 1. The summed E-state index contributed by atoms with van der Waals surface area (Å²) in [5, 5.41) is 3.13. The standard InChI is InChI=1S/C26H37N3O2/c1-28(22-7-3-2-4-8-22)11-6-10-27-24(30)23-9-5-12-29(23)25(31)26-16-19-13-20(17-26)15-21(14-19)18-26/h2-4,7-8,19-21,23H,5-6,9-18H2,1H3,(H,27,30). The molecule has 1 aromatic carbocycles. The van der Waals surface area contributed by atoms with Gasteiger partial charge in [0.05, 0.1) is 5.41 Å². The Bertz CT molecular complexity index is 773. The summed E-state index contributed by atoms with van der Waals surface area (Å²) in [7, 11) is 2.08. The molecule has 1 atom stereocenters. The molecule has 5 heteroatoms. The number of amides is 2. The minimum absolute atomic E-state index is 0.0537. The summed E-state index contributed by atoms with van der Waals surface area (Å²) in [6, 6.07) is 10.1. The zero-order valence-electron chi connectivity index (χ0n) is 18.9. The molecule has 5 aliphatic rings. The molecule has 1 heterocycles. The fourth-order valence-electron chi connectivity index (χ4n) is 7.42. The van der Waals surface area contributed by atoms with Crippen molar-refractivity contribution in [2.45, 2.75) is 63.8 Å². The smallest absolute Gasteiger partial charge is 0.242 e. The number of nitrogens with zero attached hydrogens (tertiary/aromatic N) is 2. The molecule has 1 N–H and O–H groups in total. The maximum atomic E-state index is 13.7. The third-order valence-corrected chi connectivity index (χ3v) is 8.47. The maximum Gasteiger partial charge on any atom is 0.242 e. The molecule has 4 aliphatic carbocycles. The molecular formula is C26H37N3O2. The van der Waals surface area contributed by atoms with E-state index in [0.29, 0.717) is 12.5 Å². The van der Waals surface area contributed by atoms with Gasteiger partial charge in [0, 0.05) is 32.4 Å². The van der Waals surface area contributed by atoms with Crippen molar-refractivity contribution in [2.75, 3.05) is 31.6 Å². The van der Waals surface area contributed by atoms with Crippen LogP contribution in [0.5, 0.6) is 0 Å². The van der Waals surface area contributed by atoms with E-state index in [-0.39, 0.29) is 17.4 Å². The second-order valence-corrected chi connectivity index (χ2v) is 10.8. The van der Waals surface area contributed by atoms with Crippen molar-refractivity contribution in [3.8, 4) is 0 Å². The highest BCUT2D eigenvalue weighted by Crippen LogP contribution is 2.60. The Labute approximate surface area is 186 Å². The first-order valence-electron chi connectivity index (χ1n) is 12.4. The summed E-state index contributed by atoms with van der Waals surface area (Å²) in [6.45, 7) is 2.31. The summed E-state index contributed by atoms with van der Waals surface area (Å²) in [4.78, 5) is 30.9. The average molecular weight is 424 g/mol. The molecule has 4 saturated carbocycles. The van der Waals surface area contributed by atoms with Gasteiger partial charge >= 0.3 is 0 Å². The monoisotopic (exact) mass is 423 g/mol. The van der Waals surface area contributed by atoms with E-state index in [1.54, 1.807) is 0 Å². The molecule has 6 rings (SSSR count). The van der Waals surface area contributed by atoms with Crippen molar-refractivity contribution in [3.05, 3.63) is 30.3 Å². The molecule has 1 saturated heterocycles. The summed E-state index contributed by atoms with van der Waals surface area (Å²) < 4.78 is 0. The Morgan fingerprint density at radius 1 is 1.06 bits per heavy atom. The van der Waals surface area contributed by atoms with Gasteiger partial charge in [0.15, 0.2) is 0 Å². The van der Waals surface area contributed by atoms with Gasteiger partial charge in [0.2, 0.25) is 11.8 Å². The van der Waals surface area contributed by atoms with Gasteiger partial charge < -0.3 is 15.1 Å². The van der Waals surface area contributed by atoms with Crippen molar-refractivity contribution in [2.24, 2.45) is 23.2 Å². The third-order valence-electron chi connectivity index (χ3n) is 8.47. The fraction of sp³-hybridized carbons (Fsp3) is 0.692. The number of nitrogens with one attached hydrogen (secondary N) is 1. The number of carbonyl (C=O) groups excluding carboxylic acids is 2. The quantitative estimate of drug-likeness (QED) is 0.678. The van der Waals surface area contributed by atoms with Gasteiger partial charge in [0.1, 0.15) is 6.04 Å². The highest BCUT2D eigenvalue weighted by molar-refractivity contribution is 5.91. The molecule has 4 bridgehead atoms. The molecule has 1 aliphatic heterocycles. The highest BCUT2D eigenvalue weighted by Gasteiger charge is 2.56. The molecule has 31 heavy (non-hydrogen) atoms. The van der Waals surface area contributed by atoms with E-state index in [1.807, 2.05) is 23.1 Å². The Hall–Kier alpha value is -2.04. The number of hydrogen-bond acceptors (Lipinski definition) is 3. The van der Waals surface area contributed by atoms with Crippen LogP contribution in [0.15, 0.2) is 30.3 Å². The lowest BCUT2D eigenvalue weighted by Crippen LogP contribution is -2.57. The van der Waals surface area contributed by atoms with E-state index < -0.39 is 0 Å². The van der Waals surface area contributed by atoms with E-state index in [0.717, 1.165) is 69.4 Å². The molecule has 0 aromatic heterocycles. The Kier molecular flexibility index (Phi) is 5.70. The number of benzene rings is 1. The summed E-state index contributed by atoms with van der Waals surface area (Å²) in [6.07, 6.45) is 9.92. The van der Waals surface area contributed by atoms with E-state index in [4.69, 9.17) is 0 Å². The lowest BCUT2D eigenvalue weighted by Gasteiger charge is -2.56. The molecular weight excluding hydrogens is 386 g/mol. The van der Waals surface area contributed by atoms with Crippen LogP contribution in [-0.2, 0) is 9.59 Å². The minimum Gasteiger partial charge on any atom is -0.375 e. The van der Waals surface area contributed by atoms with Crippen LogP contribution in [0.3, 0.4) is 0 Å². The van der Waals surface area contributed by atoms with E-state index in [2.05, 4.69) is 29.4 Å². The molecule has 5 nitrogen and oxygen atoms in total. The zero-order chi connectivity index (χ0) is 21.4. The summed E-state index contributed by atoms with van der Waals surface area (Å²) in [5.74, 6) is 2.64. The Morgan fingerprint density at radius 2 is 1.71 bits per heavy atom. The number of carbonyl (C=O) groups is 2. The van der Waals surface area contributed by atoms with Crippen molar-refractivity contribution in [1.29, 1.82) is 0 Å². The molecule has 1 unspecified atom stereocenters. The molecule has 2 amide bonds. The van der Waals surface area contributed by atoms with Crippen LogP contribution in [0.4, 0.5) is 5.69 Å². The van der Waals surface area contributed by atoms with Crippen LogP contribution in [0.1, 0.15) is 57.8 Å². The Morgan fingerprint density at radius 3 is 2.35 bits per heavy atom. The normalized spacial score (nSPS) is 33.5. The van der Waals surface area contributed by atoms with Gasteiger partial charge in [-0.05, 0) is 87.7 Å². The number of anilines is 1. The van der Waals surface area contributed by atoms with Crippen LogP contribution in [0, 0.1) is 23.2 Å². The molecule has 5 fully saturated rings. The largest absolute Gasteiger partial charge is 0.375 e. The van der Waals surface area contributed by atoms with Gasteiger partial charge in [-0.3, -0.25) is 9.59 Å². The second-order valence-electron chi connectivity index (χ2n) is 10.8. The average Bonchev–Trinajstić information content (AvgIpc) is 3.25. The number of rotatable bonds is 7. The van der Waals surface area contributed by atoms with Crippen LogP contribution < -0.4 is 10.2 Å². The third kappa shape index (κ3) is 4.08. The first kappa shape index (κ1) is 20.8. The van der Waals surface area contributed by atoms with E-state index in [9.17, 15) is 9.59 Å². The Balaban J connectivity index is 1.14. The van der Waals surface area contributed by atoms with Crippen molar-refractivity contribution in [3.63, 3.8) is 0 Å². The van der Waals surface area contributed by atoms with Crippen molar-refractivity contribution < 1.29 is 9.59 Å². The minimum atomic E-state index is -0.257. The maximum absolute atomic E-state index is 13.7. The number of para-hydroxylation sites is 1. The topological polar surface area (TPSA) is 52.7 Å². The molecule has 1 aromatic rings. The predicted octanol–water partition coefficient (Wildman–Crippen LogP) is 3.84. The molecule has 168 valence electrons. The predicted molar refractivity (Wildman–Crippen MR) is 123 cm³/mol. The number of likely N-dealkylation sites (tertiary alicyclic amines) is 1. The van der Waals surface area contributed by atoms with E-state index in [1.165, 1.54) is 24.9 Å². The van der Waals surface area contributed by atoms with Gasteiger partial charge in [-0.25, -0.2) is 0 Å². The fourth-order valence-corrected chi connectivity index (χ4v) is 7.42. The van der Waals surface area contributed by atoms with Gasteiger partial charge in [0.25, 0.3) is 0 Å². The first-order chi connectivity index (χ1) is 15.0.